The number of hydrogen-bond acceptors (Lipinski definition) is 1. The van der Waals surface area contributed by atoms with Crippen molar-refractivity contribution in [3.8, 4) is 0 Å². The van der Waals surface area contributed by atoms with E-state index in [1.165, 1.54) is 11.6 Å². The smallest absolute Gasteiger partial charge is 0.248 e. The monoisotopic (exact) mass is 285 g/mol. The number of nitrogens with one attached hydrogen (secondary N) is 1. The van der Waals surface area contributed by atoms with Gasteiger partial charge >= 0.3 is 0 Å². The summed E-state index contributed by atoms with van der Waals surface area (Å²) in [7, 11) is 0. The third kappa shape index (κ3) is 3.97. The maximum Gasteiger partial charge on any atom is 0.248 e. The average Bonchev–Trinajstić information content (AvgIpc) is 2.41. The fourth-order valence-corrected chi connectivity index (χ4v) is 1.98. The SMILES string of the molecule is Cc1ccc(NC(=O)/C=C/c2cccc(Cl)c2)cc1C. The van der Waals surface area contributed by atoms with Crippen LogP contribution in [0.15, 0.2) is 48.5 Å². The minimum absolute atomic E-state index is 0.159. The second kappa shape index (κ2) is 6.40. The van der Waals surface area contributed by atoms with E-state index < -0.39 is 0 Å². The van der Waals surface area contributed by atoms with E-state index in [9.17, 15) is 4.79 Å². The van der Waals surface area contributed by atoms with E-state index in [-0.39, 0.29) is 5.91 Å². The molecule has 0 aliphatic rings. The molecule has 0 bridgehead atoms. The summed E-state index contributed by atoms with van der Waals surface area (Å²) in [5, 5.41) is 3.49. The third-order valence-corrected chi connectivity index (χ3v) is 3.29. The molecule has 2 nitrogen and oxygen atoms in total. The van der Waals surface area contributed by atoms with Crippen LogP contribution in [0.25, 0.3) is 6.08 Å². The molecular formula is C17H16ClNO. The number of carbonyl (C=O) groups is 1. The zero-order valence-electron chi connectivity index (χ0n) is 11.5. The van der Waals surface area contributed by atoms with Crippen molar-refractivity contribution in [2.24, 2.45) is 0 Å². The summed E-state index contributed by atoms with van der Waals surface area (Å²) in [5.74, 6) is -0.159. The molecule has 0 atom stereocenters. The van der Waals surface area contributed by atoms with Crippen molar-refractivity contribution in [1.82, 2.24) is 0 Å². The second-order valence-corrected chi connectivity index (χ2v) is 5.11. The Bertz CT molecular complexity index is 662. The standard InChI is InChI=1S/C17H16ClNO/c1-12-6-8-16(10-13(12)2)19-17(20)9-7-14-4-3-5-15(18)11-14/h3-11H,1-2H3,(H,19,20)/b9-7+. The molecule has 0 saturated carbocycles. The summed E-state index contributed by atoms with van der Waals surface area (Å²) in [6, 6.07) is 13.2. The highest BCUT2D eigenvalue weighted by Crippen LogP contribution is 2.15. The van der Waals surface area contributed by atoms with Gasteiger partial charge in [-0.3, -0.25) is 4.79 Å². The number of carbonyl (C=O) groups excluding carboxylic acids is 1. The molecule has 0 saturated heterocycles. The number of amides is 1. The maximum absolute atomic E-state index is 11.8. The second-order valence-electron chi connectivity index (χ2n) is 4.68. The zero-order valence-corrected chi connectivity index (χ0v) is 12.2. The fourth-order valence-electron chi connectivity index (χ4n) is 1.79. The Morgan fingerprint density at radius 2 is 1.90 bits per heavy atom. The predicted molar refractivity (Wildman–Crippen MR) is 85.0 cm³/mol. The molecule has 0 spiro atoms. The van der Waals surface area contributed by atoms with Crippen molar-refractivity contribution in [3.05, 3.63) is 70.3 Å². The highest BCUT2D eigenvalue weighted by Gasteiger charge is 2.00. The highest BCUT2D eigenvalue weighted by molar-refractivity contribution is 6.30. The van der Waals surface area contributed by atoms with Crippen molar-refractivity contribution in [3.63, 3.8) is 0 Å². The first-order valence-electron chi connectivity index (χ1n) is 6.36. The molecule has 0 radical (unpaired) electrons. The molecule has 1 amide bonds. The Kier molecular flexibility index (Phi) is 4.59. The van der Waals surface area contributed by atoms with E-state index in [0.717, 1.165) is 16.8 Å². The lowest BCUT2D eigenvalue weighted by Gasteiger charge is -2.05. The lowest BCUT2D eigenvalue weighted by atomic mass is 10.1. The molecular weight excluding hydrogens is 270 g/mol. The quantitative estimate of drug-likeness (QED) is 0.820. The van der Waals surface area contributed by atoms with Crippen molar-refractivity contribution in [1.29, 1.82) is 0 Å². The van der Waals surface area contributed by atoms with Gasteiger partial charge in [-0.05, 0) is 60.9 Å². The van der Waals surface area contributed by atoms with Gasteiger partial charge in [0.1, 0.15) is 0 Å². The minimum atomic E-state index is -0.159. The van der Waals surface area contributed by atoms with Crippen LogP contribution in [0.4, 0.5) is 5.69 Å². The van der Waals surface area contributed by atoms with Crippen molar-refractivity contribution in [2.75, 3.05) is 5.32 Å². The summed E-state index contributed by atoms with van der Waals surface area (Å²) < 4.78 is 0. The molecule has 0 aromatic heterocycles. The van der Waals surface area contributed by atoms with Gasteiger partial charge in [-0.2, -0.15) is 0 Å². The van der Waals surface area contributed by atoms with E-state index in [2.05, 4.69) is 5.32 Å². The normalized spacial score (nSPS) is 10.8. The summed E-state index contributed by atoms with van der Waals surface area (Å²) >= 11 is 5.89. The Balaban J connectivity index is 2.03. The van der Waals surface area contributed by atoms with Crippen LogP contribution in [-0.2, 0) is 4.79 Å². The lowest BCUT2D eigenvalue weighted by Crippen LogP contribution is -2.07. The van der Waals surface area contributed by atoms with Crippen molar-refractivity contribution >= 4 is 29.3 Å². The Labute approximate surface area is 124 Å². The molecule has 1 N–H and O–H groups in total. The zero-order chi connectivity index (χ0) is 14.5. The van der Waals surface area contributed by atoms with Crippen LogP contribution in [0.1, 0.15) is 16.7 Å². The molecule has 102 valence electrons. The van der Waals surface area contributed by atoms with Crippen molar-refractivity contribution in [2.45, 2.75) is 13.8 Å². The van der Waals surface area contributed by atoms with Gasteiger partial charge in [-0.25, -0.2) is 0 Å². The Morgan fingerprint density at radius 1 is 1.10 bits per heavy atom. The van der Waals surface area contributed by atoms with Crippen LogP contribution in [-0.4, -0.2) is 5.91 Å². The molecule has 3 heteroatoms. The number of anilines is 1. The van der Waals surface area contributed by atoms with E-state index in [4.69, 9.17) is 11.6 Å². The topological polar surface area (TPSA) is 29.1 Å². The fraction of sp³-hybridized carbons (Fsp3) is 0.118. The number of benzene rings is 2. The molecule has 0 fully saturated rings. The summed E-state index contributed by atoms with van der Waals surface area (Å²) in [6.07, 6.45) is 3.24. The van der Waals surface area contributed by atoms with E-state index in [1.807, 2.05) is 44.2 Å². The van der Waals surface area contributed by atoms with Gasteiger partial charge < -0.3 is 5.32 Å². The van der Waals surface area contributed by atoms with E-state index >= 15 is 0 Å². The summed E-state index contributed by atoms with van der Waals surface area (Å²) in [5.41, 5.74) is 4.06. The third-order valence-electron chi connectivity index (χ3n) is 3.05. The van der Waals surface area contributed by atoms with Gasteiger partial charge in [0.25, 0.3) is 0 Å². The van der Waals surface area contributed by atoms with Gasteiger partial charge in [0.05, 0.1) is 0 Å². The lowest BCUT2D eigenvalue weighted by molar-refractivity contribution is -0.111. The minimum Gasteiger partial charge on any atom is -0.323 e. The van der Waals surface area contributed by atoms with Gasteiger partial charge in [0.2, 0.25) is 5.91 Å². The van der Waals surface area contributed by atoms with Crippen LogP contribution in [0.3, 0.4) is 0 Å². The predicted octanol–water partition coefficient (Wildman–Crippen LogP) is 4.61. The molecule has 0 aliphatic carbocycles. The largest absolute Gasteiger partial charge is 0.323 e. The highest BCUT2D eigenvalue weighted by atomic mass is 35.5. The number of aryl methyl sites for hydroxylation is 2. The Hall–Kier alpha value is -2.06. The van der Waals surface area contributed by atoms with E-state index in [0.29, 0.717) is 5.02 Å². The van der Waals surface area contributed by atoms with Crippen LogP contribution in [0, 0.1) is 13.8 Å². The van der Waals surface area contributed by atoms with Gasteiger partial charge in [-0.15, -0.1) is 0 Å². The Morgan fingerprint density at radius 3 is 2.60 bits per heavy atom. The van der Waals surface area contributed by atoms with Crippen LogP contribution < -0.4 is 5.32 Å². The summed E-state index contributed by atoms with van der Waals surface area (Å²) in [4.78, 5) is 11.8. The van der Waals surface area contributed by atoms with Crippen molar-refractivity contribution < 1.29 is 4.79 Å². The van der Waals surface area contributed by atoms with Crippen LogP contribution in [0.2, 0.25) is 5.02 Å². The molecule has 0 aliphatic heterocycles. The first-order chi connectivity index (χ1) is 9.54. The molecule has 2 aromatic rings. The maximum atomic E-state index is 11.8. The molecule has 2 rings (SSSR count). The van der Waals surface area contributed by atoms with Gasteiger partial charge in [0, 0.05) is 16.8 Å². The van der Waals surface area contributed by atoms with Gasteiger partial charge in [-0.1, -0.05) is 29.8 Å². The summed E-state index contributed by atoms with van der Waals surface area (Å²) in [6.45, 7) is 4.06. The first-order valence-corrected chi connectivity index (χ1v) is 6.74. The average molecular weight is 286 g/mol. The van der Waals surface area contributed by atoms with Gasteiger partial charge in [0.15, 0.2) is 0 Å². The van der Waals surface area contributed by atoms with Crippen LogP contribution >= 0.6 is 11.6 Å². The first kappa shape index (κ1) is 14.4. The molecule has 0 unspecified atom stereocenters. The van der Waals surface area contributed by atoms with E-state index in [1.54, 1.807) is 18.2 Å². The molecule has 20 heavy (non-hydrogen) atoms. The number of halogens is 1. The number of hydrogen-bond donors (Lipinski definition) is 1. The van der Waals surface area contributed by atoms with Crippen LogP contribution in [0.5, 0.6) is 0 Å². The number of rotatable bonds is 3. The molecule has 0 heterocycles. The molecule has 2 aromatic carbocycles.